The highest BCUT2D eigenvalue weighted by Crippen LogP contribution is 2.23. The second kappa shape index (κ2) is 7.59. The number of carbonyl (C=O) groups is 2. The quantitative estimate of drug-likeness (QED) is 0.912. The molecule has 4 heteroatoms. The van der Waals surface area contributed by atoms with Crippen molar-refractivity contribution in [3.05, 3.63) is 76.9 Å². The Morgan fingerprint density at radius 2 is 1.96 bits per heavy atom. The van der Waals surface area contributed by atoms with E-state index < -0.39 is 6.09 Å². The average molecular weight is 321 g/mol. The molecule has 1 aliphatic carbocycles. The first-order chi connectivity index (χ1) is 11.7. The van der Waals surface area contributed by atoms with E-state index >= 15 is 0 Å². The zero-order valence-electron chi connectivity index (χ0n) is 13.3. The minimum atomic E-state index is -0.442. The molecule has 0 spiro atoms. The maximum Gasteiger partial charge on any atom is 0.407 e. The van der Waals surface area contributed by atoms with Crippen LogP contribution in [0.4, 0.5) is 4.79 Å². The number of fused-ring (bicyclic) bond motifs is 1. The van der Waals surface area contributed by atoms with Gasteiger partial charge in [-0.1, -0.05) is 60.7 Å². The van der Waals surface area contributed by atoms with Crippen LogP contribution in [0.3, 0.4) is 0 Å². The maximum atomic E-state index is 11.6. The number of amides is 1. The van der Waals surface area contributed by atoms with Crippen LogP contribution >= 0.6 is 0 Å². The number of hydrogen-bond donors (Lipinski definition) is 1. The highest BCUT2D eigenvalue weighted by Gasteiger charge is 2.18. The molecular formula is C20H19NO3. The van der Waals surface area contributed by atoms with Gasteiger partial charge in [0.1, 0.15) is 6.61 Å². The summed E-state index contributed by atoms with van der Waals surface area (Å²) in [7, 11) is 0. The van der Waals surface area contributed by atoms with Crippen molar-refractivity contribution >= 4 is 18.0 Å². The lowest BCUT2D eigenvalue weighted by molar-refractivity contribution is 0.0994. The van der Waals surface area contributed by atoms with Crippen LogP contribution in [0.2, 0.25) is 0 Å². The Hall–Kier alpha value is -2.88. The van der Waals surface area contributed by atoms with Crippen molar-refractivity contribution in [1.82, 2.24) is 5.32 Å². The highest BCUT2D eigenvalue weighted by atomic mass is 16.5. The first kappa shape index (κ1) is 16.0. The van der Waals surface area contributed by atoms with E-state index in [4.69, 9.17) is 4.74 Å². The topological polar surface area (TPSA) is 55.4 Å². The molecule has 2 aromatic carbocycles. The normalized spacial score (nSPS) is 13.1. The standard InChI is InChI=1S/C20H19NO3/c22-19-11-9-17-13-15(8-10-18(17)19)7-4-12-21-20(23)24-14-16-5-2-1-3-6-16/h1-8,10,13H,9,11-12,14H2,(H,21,23). The lowest BCUT2D eigenvalue weighted by atomic mass is 10.1. The molecule has 0 heterocycles. The van der Waals surface area contributed by atoms with Gasteiger partial charge in [0.2, 0.25) is 0 Å². The fraction of sp³-hybridized carbons (Fsp3) is 0.200. The Bertz CT molecular complexity index is 766. The fourth-order valence-corrected chi connectivity index (χ4v) is 2.69. The molecule has 0 bridgehead atoms. The molecule has 2 aromatic rings. The van der Waals surface area contributed by atoms with Gasteiger partial charge in [0.05, 0.1) is 0 Å². The zero-order valence-corrected chi connectivity index (χ0v) is 13.3. The van der Waals surface area contributed by atoms with E-state index in [2.05, 4.69) is 5.32 Å². The van der Waals surface area contributed by atoms with Crippen molar-refractivity contribution in [2.75, 3.05) is 6.54 Å². The second-order valence-corrected chi connectivity index (χ2v) is 5.68. The van der Waals surface area contributed by atoms with Gasteiger partial charge < -0.3 is 10.1 Å². The summed E-state index contributed by atoms with van der Waals surface area (Å²) < 4.78 is 5.13. The summed E-state index contributed by atoms with van der Waals surface area (Å²) in [6.07, 6.45) is 4.78. The van der Waals surface area contributed by atoms with Crippen molar-refractivity contribution in [3.8, 4) is 0 Å². The molecule has 0 unspecified atom stereocenters. The molecular weight excluding hydrogens is 302 g/mol. The van der Waals surface area contributed by atoms with Gasteiger partial charge in [-0.05, 0) is 23.1 Å². The SMILES string of the molecule is O=C(NCC=Cc1ccc2c(c1)CCC2=O)OCc1ccccc1. The largest absolute Gasteiger partial charge is 0.445 e. The lowest BCUT2D eigenvalue weighted by Gasteiger charge is -2.05. The summed E-state index contributed by atoms with van der Waals surface area (Å²) in [6.45, 7) is 0.652. The van der Waals surface area contributed by atoms with E-state index in [1.807, 2.05) is 60.7 Å². The van der Waals surface area contributed by atoms with Crippen molar-refractivity contribution in [3.63, 3.8) is 0 Å². The number of rotatable bonds is 5. The monoisotopic (exact) mass is 321 g/mol. The van der Waals surface area contributed by atoms with Crippen molar-refractivity contribution < 1.29 is 14.3 Å². The third-order valence-corrected chi connectivity index (χ3v) is 3.94. The molecule has 122 valence electrons. The number of hydrogen-bond acceptors (Lipinski definition) is 3. The number of benzene rings is 2. The van der Waals surface area contributed by atoms with E-state index in [1.165, 1.54) is 0 Å². The number of carbonyl (C=O) groups excluding carboxylic acids is 2. The van der Waals surface area contributed by atoms with Gasteiger partial charge in [-0.3, -0.25) is 4.79 Å². The number of ketones is 1. The minimum Gasteiger partial charge on any atom is -0.445 e. The first-order valence-corrected chi connectivity index (χ1v) is 7.99. The number of aryl methyl sites for hydroxylation is 1. The molecule has 0 fully saturated rings. The summed E-state index contributed by atoms with van der Waals surface area (Å²) in [6, 6.07) is 15.4. The fourth-order valence-electron chi connectivity index (χ4n) is 2.69. The minimum absolute atomic E-state index is 0.225. The van der Waals surface area contributed by atoms with Crippen LogP contribution in [0.15, 0.2) is 54.6 Å². The smallest absolute Gasteiger partial charge is 0.407 e. The van der Waals surface area contributed by atoms with Crippen molar-refractivity contribution in [2.45, 2.75) is 19.4 Å². The van der Waals surface area contributed by atoms with Crippen LogP contribution < -0.4 is 5.32 Å². The second-order valence-electron chi connectivity index (χ2n) is 5.68. The molecule has 24 heavy (non-hydrogen) atoms. The van der Waals surface area contributed by atoms with Crippen molar-refractivity contribution in [2.24, 2.45) is 0 Å². The predicted molar refractivity (Wildman–Crippen MR) is 92.8 cm³/mol. The summed E-state index contributed by atoms with van der Waals surface area (Å²) in [5, 5.41) is 2.68. The molecule has 0 saturated carbocycles. The highest BCUT2D eigenvalue weighted by molar-refractivity contribution is 6.00. The molecule has 0 aromatic heterocycles. The summed E-state index contributed by atoms with van der Waals surface area (Å²) in [5.74, 6) is 0.225. The van der Waals surface area contributed by atoms with Gasteiger partial charge in [-0.2, -0.15) is 0 Å². The van der Waals surface area contributed by atoms with Gasteiger partial charge in [0, 0.05) is 18.5 Å². The van der Waals surface area contributed by atoms with E-state index in [1.54, 1.807) is 0 Å². The van der Waals surface area contributed by atoms with E-state index in [0.29, 0.717) is 13.0 Å². The molecule has 0 saturated heterocycles. The Balaban J connectivity index is 1.43. The summed E-state index contributed by atoms with van der Waals surface area (Å²) in [5.41, 5.74) is 3.94. The Kier molecular flexibility index (Phi) is 5.06. The summed E-state index contributed by atoms with van der Waals surface area (Å²) >= 11 is 0. The Morgan fingerprint density at radius 3 is 2.79 bits per heavy atom. The molecule has 3 rings (SSSR count). The molecule has 1 amide bonds. The number of ether oxygens (including phenoxy) is 1. The summed E-state index contributed by atoms with van der Waals surface area (Å²) in [4.78, 5) is 23.2. The zero-order chi connectivity index (χ0) is 16.8. The first-order valence-electron chi connectivity index (χ1n) is 7.99. The number of nitrogens with one attached hydrogen (secondary N) is 1. The van der Waals surface area contributed by atoms with Crippen molar-refractivity contribution in [1.29, 1.82) is 0 Å². The Labute approximate surface area is 141 Å². The van der Waals surface area contributed by atoms with Crippen LogP contribution in [0.1, 0.15) is 33.5 Å². The average Bonchev–Trinajstić information content (AvgIpc) is 2.98. The van der Waals surface area contributed by atoms with Gasteiger partial charge in [0.15, 0.2) is 5.78 Å². The molecule has 1 N–H and O–H groups in total. The van der Waals surface area contributed by atoms with Crippen LogP contribution in [-0.2, 0) is 17.8 Å². The van der Waals surface area contributed by atoms with Crippen LogP contribution in [0.5, 0.6) is 0 Å². The van der Waals surface area contributed by atoms with Gasteiger partial charge in [-0.15, -0.1) is 0 Å². The van der Waals surface area contributed by atoms with Gasteiger partial charge in [-0.25, -0.2) is 4.79 Å². The Morgan fingerprint density at radius 1 is 1.12 bits per heavy atom. The molecule has 1 aliphatic rings. The molecule has 4 nitrogen and oxygen atoms in total. The van der Waals surface area contributed by atoms with Crippen LogP contribution in [0, 0.1) is 0 Å². The third kappa shape index (κ3) is 4.10. The van der Waals surface area contributed by atoms with E-state index in [-0.39, 0.29) is 12.4 Å². The van der Waals surface area contributed by atoms with Crippen LogP contribution in [-0.4, -0.2) is 18.4 Å². The van der Waals surface area contributed by atoms with E-state index in [9.17, 15) is 9.59 Å². The third-order valence-electron chi connectivity index (χ3n) is 3.94. The van der Waals surface area contributed by atoms with E-state index in [0.717, 1.165) is 28.7 Å². The van der Waals surface area contributed by atoms with Gasteiger partial charge in [0.25, 0.3) is 0 Å². The predicted octanol–water partition coefficient (Wildman–Crippen LogP) is 3.76. The van der Waals surface area contributed by atoms with Gasteiger partial charge >= 0.3 is 6.09 Å². The molecule has 0 aliphatic heterocycles. The molecule has 0 radical (unpaired) electrons. The number of Topliss-reactive ketones (excluding diaryl/α,β-unsaturated/α-hetero) is 1. The maximum absolute atomic E-state index is 11.6. The lowest BCUT2D eigenvalue weighted by Crippen LogP contribution is -2.24. The van der Waals surface area contributed by atoms with Crippen LogP contribution in [0.25, 0.3) is 6.08 Å². The molecule has 0 atom stereocenters. The number of alkyl carbamates (subject to hydrolysis) is 1.